The molecule has 0 saturated heterocycles. The van der Waals surface area contributed by atoms with Crippen molar-refractivity contribution in [2.24, 2.45) is 23.2 Å². The van der Waals surface area contributed by atoms with Crippen molar-refractivity contribution in [1.82, 2.24) is 0 Å². The Hall–Kier alpha value is -2.11. The average molecular weight is 447 g/mol. The Balaban J connectivity index is 2.18. The van der Waals surface area contributed by atoms with Crippen LogP contribution in [0.15, 0.2) is 23.3 Å². The van der Waals surface area contributed by atoms with Crippen LogP contribution in [-0.4, -0.2) is 36.7 Å². The highest BCUT2D eigenvalue weighted by Gasteiger charge is 2.65. The lowest BCUT2D eigenvalue weighted by Gasteiger charge is -2.49. The highest BCUT2D eigenvalue weighted by molar-refractivity contribution is 5.68. The maximum absolute atomic E-state index is 12.2. The summed E-state index contributed by atoms with van der Waals surface area (Å²) >= 11 is 0. The zero-order valence-corrected chi connectivity index (χ0v) is 20.2. The van der Waals surface area contributed by atoms with E-state index >= 15 is 0 Å². The maximum Gasteiger partial charge on any atom is 0.302 e. The Kier molecular flexibility index (Phi) is 7.51. The molecule has 0 aliphatic heterocycles. The molecule has 178 valence electrons. The van der Waals surface area contributed by atoms with Gasteiger partial charge in [0, 0.05) is 33.1 Å². The predicted molar refractivity (Wildman–Crippen MR) is 120 cm³/mol. The van der Waals surface area contributed by atoms with Gasteiger partial charge in [-0.1, -0.05) is 36.6 Å². The van der Waals surface area contributed by atoms with Gasteiger partial charge in [0.2, 0.25) is 0 Å². The first kappa shape index (κ1) is 24.5. The van der Waals surface area contributed by atoms with E-state index in [1.54, 1.807) is 0 Å². The number of esters is 3. The van der Waals surface area contributed by atoms with Crippen LogP contribution in [0.1, 0.15) is 79.6 Å². The van der Waals surface area contributed by atoms with Crippen molar-refractivity contribution in [3.8, 4) is 0 Å². The van der Waals surface area contributed by atoms with Crippen molar-refractivity contribution >= 4 is 17.9 Å². The van der Waals surface area contributed by atoms with E-state index in [2.05, 4.69) is 20.4 Å². The van der Waals surface area contributed by atoms with Crippen molar-refractivity contribution in [3.63, 3.8) is 0 Å². The second kappa shape index (κ2) is 9.80. The van der Waals surface area contributed by atoms with Crippen LogP contribution in [0.4, 0.5) is 0 Å². The largest absolute Gasteiger partial charge is 0.465 e. The first-order valence-corrected chi connectivity index (χ1v) is 11.9. The van der Waals surface area contributed by atoms with E-state index in [9.17, 15) is 14.4 Å². The van der Waals surface area contributed by atoms with Gasteiger partial charge in [0.1, 0.15) is 18.8 Å². The summed E-state index contributed by atoms with van der Waals surface area (Å²) < 4.78 is 17.4. The summed E-state index contributed by atoms with van der Waals surface area (Å²) in [5, 5.41) is 0. The fraction of sp³-hybridized carbons (Fsp3) is 0.731. The number of ether oxygens (including phenoxy) is 3. The van der Waals surface area contributed by atoms with Crippen LogP contribution in [0, 0.1) is 23.2 Å². The molecule has 2 bridgehead atoms. The van der Waals surface area contributed by atoms with Gasteiger partial charge in [0.25, 0.3) is 0 Å². The second-order valence-corrected chi connectivity index (χ2v) is 10.1. The topological polar surface area (TPSA) is 78.9 Å². The van der Waals surface area contributed by atoms with Crippen LogP contribution in [0.3, 0.4) is 0 Å². The van der Waals surface area contributed by atoms with Crippen molar-refractivity contribution < 1.29 is 28.6 Å². The Morgan fingerprint density at radius 1 is 1.00 bits per heavy atom. The van der Waals surface area contributed by atoms with Crippen LogP contribution in [0.2, 0.25) is 0 Å². The Morgan fingerprint density at radius 2 is 1.66 bits per heavy atom. The molecule has 0 radical (unpaired) electrons. The molecule has 1 fully saturated rings. The molecule has 32 heavy (non-hydrogen) atoms. The molecule has 0 heterocycles. The van der Waals surface area contributed by atoms with Gasteiger partial charge < -0.3 is 14.2 Å². The Morgan fingerprint density at radius 3 is 2.28 bits per heavy atom. The molecule has 1 saturated carbocycles. The zero-order valence-electron chi connectivity index (χ0n) is 20.2. The van der Waals surface area contributed by atoms with Crippen LogP contribution in [0.5, 0.6) is 0 Å². The summed E-state index contributed by atoms with van der Waals surface area (Å²) in [5.74, 6) is -0.517. The second-order valence-electron chi connectivity index (χ2n) is 10.1. The van der Waals surface area contributed by atoms with E-state index in [0.29, 0.717) is 18.8 Å². The first-order valence-electron chi connectivity index (χ1n) is 11.9. The number of allylic oxidation sites excluding steroid dienone is 2. The molecule has 3 aliphatic rings. The van der Waals surface area contributed by atoms with Crippen LogP contribution in [-0.2, 0) is 28.6 Å². The highest BCUT2D eigenvalue weighted by Crippen LogP contribution is 2.61. The summed E-state index contributed by atoms with van der Waals surface area (Å²) in [6.45, 7) is 13.1. The van der Waals surface area contributed by atoms with Gasteiger partial charge in [-0.3, -0.25) is 14.4 Å². The van der Waals surface area contributed by atoms with E-state index in [1.807, 2.05) is 0 Å². The van der Waals surface area contributed by atoms with Crippen LogP contribution >= 0.6 is 0 Å². The maximum atomic E-state index is 12.2. The average Bonchev–Trinajstić information content (AvgIpc) is 3.01. The molecule has 0 aromatic carbocycles. The van der Waals surface area contributed by atoms with E-state index in [0.717, 1.165) is 37.7 Å². The molecule has 0 spiro atoms. The van der Waals surface area contributed by atoms with Gasteiger partial charge in [-0.2, -0.15) is 0 Å². The number of carbonyl (C=O) groups excluding carboxylic acids is 3. The van der Waals surface area contributed by atoms with Gasteiger partial charge >= 0.3 is 17.9 Å². The minimum absolute atomic E-state index is 0.0493. The summed E-state index contributed by atoms with van der Waals surface area (Å²) in [5.41, 5.74) is 2.91. The summed E-state index contributed by atoms with van der Waals surface area (Å²) in [6, 6.07) is 0. The quantitative estimate of drug-likeness (QED) is 0.347. The van der Waals surface area contributed by atoms with Crippen LogP contribution in [0.25, 0.3) is 0 Å². The zero-order chi connectivity index (χ0) is 23.6. The Bertz CT molecular complexity index is 811. The van der Waals surface area contributed by atoms with E-state index in [-0.39, 0.29) is 30.4 Å². The molecular weight excluding hydrogens is 408 g/mol. The Labute approximate surface area is 191 Å². The van der Waals surface area contributed by atoms with Gasteiger partial charge in [-0.15, -0.1) is 0 Å². The van der Waals surface area contributed by atoms with Gasteiger partial charge in [0.05, 0.1) is 5.41 Å². The van der Waals surface area contributed by atoms with Crippen molar-refractivity contribution in [2.75, 3.05) is 6.61 Å². The standard InChI is InChI=1S/C26H38O6/c1-15-8-7-9-16(2)22-13-24(32-20(6)29)26(14-30-18(4)27)23(31-19(5)28)12-21(11-10-15)17(3)25(22)26/h15,22-25H,2,7-14H2,1,3-6H3/t15-,22?,23-,24+,25?,26-/m0/s1. The van der Waals surface area contributed by atoms with Gasteiger partial charge in [-0.25, -0.2) is 0 Å². The minimum Gasteiger partial charge on any atom is -0.465 e. The van der Waals surface area contributed by atoms with E-state index in [4.69, 9.17) is 14.2 Å². The lowest BCUT2D eigenvalue weighted by molar-refractivity contribution is -0.185. The number of carbonyl (C=O) groups is 3. The number of hydrogen-bond acceptors (Lipinski definition) is 6. The van der Waals surface area contributed by atoms with Gasteiger partial charge in [-0.05, 0) is 50.9 Å². The predicted octanol–water partition coefficient (Wildman–Crippen LogP) is 4.91. The molecule has 0 N–H and O–H groups in total. The smallest absolute Gasteiger partial charge is 0.302 e. The molecule has 6 nitrogen and oxygen atoms in total. The van der Waals surface area contributed by atoms with E-state index < -0.39 is 23.6 Å². The lowest BCUT2D eigenvalue weighted by Crippen LogP contribution is -2.55. The van der Waals surface area contributed by atoms with Crippen LogP contribution < -0.4 is 0 Å². The molecule has 6 heteroatoms. The molecule has 0 aromatic heterocycles. The fourth-order valence-corrected chi connectivity index (χ4v) is 6.41. The van der Waals surface area contributed by atoms with Crippen molar-refractivity contribution in [2.45, 2.75) is 91.8 Å². The normalized spacial score (nSPS) is 35.0. The molecular formula is C26H38O6. The minimum atomic E-state index is -0.816. The molecule has 0 amide bonds. The molecule has 6 atom stereocenters. The van der Waals surface area contributed by atoms with E-state index in [1.165, 1.54) is 31.9 Å². The molecule has 2 unspecified atom stereocenters. The molecule has 3 aliphatic carbocycles. The fourth-order valence-electron chi connectivity index (χ4n) is 6.41. The monoisotopic (exact) mass is 446 g/mol. The van der Waals surface area contributed by atoms with Gasteiger partial charge in [0.15, 0.2) is 0 Å². The molecule has 0 aromatic rings. The first-order chi connectivity index (χ1) is 15.1. The third-order valence-electron chi connectivity index (χ3n) is 7.90. The SMILES string of the molecule is C=C1CCC[C@H](C)CCC2=C(C)C3C1C[C@@H](OC(C)=O)[C@]3(COC(C)=O)[C@@H](OC(C)=O)C2. The lowest BCUT2D eigenvalue weighted by atomic mass is 9.60. The van der Waals surface area contributed by atoms with Crippen molar-refractivity contribution in [1.29, 1.82) is 0 Å². The summed E-state index contributed by atoms with van der Waals surface area (Å²) in [4.78, 5) is 36.2. The third kappa shape index (κ3) is 4.79. The third-order valence-corrected chi connectivity index (χ3v) is 7.90. The number of hydrogen-bond donors (Lipinski definition) is 0. The molecule has 3 rings (SSSR count). The summed E-state index contributed by atoms with van der Waals surface area (Å²) in [7, 11) is 0. The summed E-state index contributed by atoms with van der Waals surface area (Å²) in [6.07, 6.45) is 5.34. The highest BCUT2D eigenvalue weighted by atomic mass is 16.6. The number of rotatable bonds is 4. The van der Waals surface area contributed by atoms with Crippen molar-refractivity contribution in [3.05, 3.63) is 23.3 Å².